The van der Waals surface area contributed by atoms with Crippen LogP contribution in [-0.4, -0.2) is 11.1 Å². The minimum absolute atomic E-state index is 0.260. The van der Waals surface area contributed by atoms with Gasteiger partial charge in [0, 0.05) is 6.08 Å². The molecule has 1 aliphatic rings. The second kappa shape index (κ2) is 7.98. The quantitative estimate of drug-likeness (QED) is 0.530. The van der Waals surface area contributed by atoms with E-state index in [-0.39, 0.29) is 5.41 Å². The van der Waals surface area contributed by atoms with E-state index in [0.717, 1.165) is 11.1 Å². The van der Waals surface area contributed by atoms with Crippen molar-refractivity contribution in [3.05, 3.63) is 58.7 Å². The first-order chi connectivity index (χ1) is 10.2. The van der Waals surface area contributed by atoms with Crippen LogP contribution in [0.2, 0.25) is 0 Å². The molecule has 2 nitrogen and oxygen atoms in total. The van der Waals surface area contributed by atoms with E-state index in [9.17, 15) is 4.79 Å². The number of carboxylic acids is 1. The van der Waals surface area contributed by atoms with E-state index in [0.29, 0.717) is 0 Å². The van der Waals surface area contributed by atoms with Gasteiger partial charge in [-0.1, -0.05) is 55.4 Å². The Kier molecular flexibility index (Phi) is 6.61. The summed E-state index contributed by atoms with van der Waals surface area (Å²) in [6.45, 7) is 10.7. The molecule has 0 aliphatic heterocycles. The highest BCUT2D eigenvalue weighted by atomic mass is 16.4. The van der Waals surface area contributed by atoms with E-state index in [4.69, 9.17) is 5.11 Å². The summed E-state index contributed by atoms with van der Waals surface area (Å²) < 4.78 is 0. The van der Waals surface area contributed by atoms with Gasteiger partial charge in [0.15, 0.2) is 0 Å². The van der Waals surface area contributed by atoms with Crippen LogP contribution in [0.25, 0.3) is 0 Å². The maximum atomic E-state index is 10.5. The molecule has 0 saturated carbocycles. The molecule has 1 rings (SSSR count). The summed E-state index contributed by atoms with van der Waals surface area (Å²) >= 11 is 0. The molecule has 1 aliphatic carbocycles. The van der Waals surface area contributed by atoms with E-state index in [2.05, 4.69) is 39.8 Å². The van der Waals surface area contributed by atoms with E-state index in [1.807, 2.05) is 12.2 Å². The van der Waals surface area contributed by atoms with Crippen molar-refractivity contribution in [1.29, 1.82) is 0 Å². The van der Waals surface area contributed by atoms with Gasteiger partial charge in [-0.3, -0.25) is 0 Å². The molecule has 2 heteroatoms. The average Bonchev–Trinajstić information content (AvgIpc) is 2.36. The Morgan fingerprint density at radius 3 is 2.45 bits per heavy atom. The van der Waals surface area contributed by atoms with Crippen molar-refractivity contribution < 1.29 is 9.90 Å². The summed E-state index contributed by atoms with van der Waals surface area (Å²) in [6, 6.07) is 0. The second-order valence-electron chi connectivity index (χ2n) is 6.76. The van der Waals surface area contributed by atoms with Gasteiger partial charge in [0.25, 0.3) is 0 Å². The number of allylic oxidation sites excluding steroid dienone is 9. The third-order valence-corrected chi connectivity index (χ3v) is 4.12. The van der Waals surface area contributed by atoms with Gasteiger partial charge in [-0.25, -0.2) is 4.79 Å². The predicted octanol–water partition coefficient (Wildman–Crippen LogP) is 5.60. The molecular formula is C20H28O2. The number of rotatable bonds is 5. The zero-order chi connectivity index (χ0) is 16.8. The largest absolute Gasteiger partial charge is 0.478 e. The highest BCUT2D eigenvalue weighted by Gasteiger charge is 2.26. The monoisotopic (exact) mass is 300 g/mol. The van der Waals surface area contributed by atoms with Crippen LogP contribution >= 0.6 is 0 Å². The molecule has 0 aromatic carbocycles. The molecule has 1 N–H and O–H groups in total. The average molecular weight is 300 g/mol. The lowest BCUT2D eigenvalue weighted by molar-refractivity contribution is -0.131. The van der Waals surface area contributed by atoms with Crippen LogP contribution in [0.3, 0.4) is 0 Å². The normalized spacial score (nSPS) is 20.2. The molecule has 0 heterocycles. The summed E-state index contributed by atoms with van der Waals surface area (Å²) in [5.41, 5.74) is 5.09. The van der Waals surface area contributed by atoms with Crippen LogP contribution in [0.1, 0.15) is 53.9 Å². The van der Waals surface area contributed by atoms with Crippen molar-refractivity contribution in [2.24, 2.45) is 5.41 Å². The predicted molar refractivity (Wildman–Crippen MR) is 93.8 cm³/mol. The fraction of sp³-hybridized carbons (Fsp3) is 0.450. The van der Waals surface area contributed by atoms with Crippen LogP contribution in [0.5, 0.6) is 0 Å². The molecule has 0 radical (unpaired) electrons. The van der Waals surface area contributed by atoms with E-state index in [1.54, 1.807) is 13.0 Å². The first-order valence-corrected chi connectivity index (χ1v) is 7.87. The van der Waals surface area contributed by atoms with E-state index >= 15 is 0 Å². The van der Waals surface area contributed by atoms with Gasteiger partial charge in [0.1, 0.15) is 0 Å². The first kappa shape index (κ1) is 18.2. The maximum Gasteiger partial charge on any atom is 0.328 e. The van der Waals surface area contributed by atoms with E-state index in [1.165, 1.54) is 36.5 Å². The van der Waals surface area contributed by atoms with Crippen molar-refractivity contribution in [2.45, 2.75) is 53.9 Å². The summed E-state index contributed by atoms with van der Waals surface area (Å²) in [5, 5.41) is 8.65. The lowest BCUT2D eigenvalue weighted by Gasteiger charge is -2.32. The summed E-state index contributed by atoms with van der Waals surface area (Å²) in [4.78, 5) is 10.5. The van der Waals surface area contributed by atoms with Gasteiger partial charge in [-0.2, -0.15) is 0 Å². The molecule has 0 atom stereocenters. The molecular weight excluding hydrogens is 272 g/mol. The van der Waals surface area contributed by atoms with Gasteiger partial charge in [-0.15, -0.1) is 0 Å². The van der Waals surface area contributed by atoms with Gasteiger partial charge in [-0.05, 0) is 56.6 Å². The molecule has 0 amide bonds. The molecule has 120 valence electrons. The van der Waals surface area contributed by atoms with Crippen LogP contribution in [0.15, 0.2) is 58.7 Å². The van der Waals surface area contributed by atoms with Crippen molar-refractivity contribution in [3.8, 4) is 0 Å². The molecule has 0 spiro atoms. The van der Waals surface area contributed by atoms with Crippen LogP contribution in [0, 0.1) is 5.41 Å². The standard InChI is InChI=1S/C20H28O2/c1-15(8-6-9-16(2)14-19(21)22)11-12-18-17(3)10-7-13-20(18,4)5/h6,8-9,11-12,14H,7,10,13H2,1-5H3,(H,21,22)/b9-6?,12-11+,15-8?,16-14?. The fourth-order valence-electron chi connectivity index (χ4n) is 2.88. The number of carboxylic acid groups (broad SMARTS) is 1. The summed E-state index contributed by atoms with van der Waals surface area (Å²) in [6.07, 6.45) is 15.0. The molecule has 0 aromatic rings. The van der Waals surface area contributed by atoms with E-state index < -0.39 is 5.97 Å². The molecule has 0 unspecified atom stereocenters. The number of carbonyl (C=O) groups is 1. The van der Waals surface area contributed by atoms with Gasteiger partial charge < -0.3 is 5.11 Å². The van der Waals surface area contributed by atoms with Gasteiger partial charge in [0.2, 0.25) is 0 Å². The number of hydrogen-bond acceptors (Lipinski definition) is 1. The third kappa shape index (κ3) is 5.88. The highest BCUT2D eigenvalue weighted by Crippen LogP contribution is 2.40. The maximum absolute atomic E-state index is 10.5. The second-order valence-corrected chi connectivity index (χ2v) is 6.76. The Hall–Kier alpha value is -1.83. The molecule has 0 saturated heterocycles. The van der Waals surface area contributed by atoms with Gasteiger partial charge >= 0.3 is 5.97 Å². The number of aliphatic carboxylic acids is 1. The van der Waals surface area contributed by atoms with Crippen molar-refractivity contribution in [1.82, 2.24) is 0 Å². The van der Waals surface area contributed by atoms with Crippen LogP contribution in [0.4, 0.5) is 0 Å². The first-order valence-electron chi connectivity index (χ1n) is 7.87. The molecule has 22 heavy (non-hydrogen) atoms. The number of hydrogen-bond donors (Lipinski definition) is 1. The minimum Gasteiger partial charge on any atom is -0.478 e. The summed E-state index contributed by atoms with van der Waals surface area (Å²) in [7, 11) is 0. The topological polar surface area (TPSA) is 37.3 Å². The fourth-order valence-corrected chi connectivity index (χ4v) is 2.88. The SMILES string of the molecule is CC(C=CC=C(C)/C=C/C1=C(C)CCCC1(C)C)=CC(=O)O. The lowest BCUT2D eigenvalue weighted by atomic mass is 9.72. The Morgan fingerprint density at radius 2 is 1.86 bits per heavy atom. The zero-order valence-corrected chi connectivity index (χ0v) is 14.4. The molecule has 0 aromatic heterocycles. The van der Waals surface area contributed by atoms with Crippen LogP contribution < -0.4 is 0 Å². The smallest absolute Gasteiger partial charge is 0.328 e. The molecule has 0 fully saturated rings. The van der Waals surface area contributed by atoms with Crippen molar-refractivity contribution in [2.75, 3.05) is 0 Å². The van der Waals surface area contributed by atoms with Crippen LogP contribution in [-0.2, 0) is 4.79 Å². The lowest BCUT2D eigenvalue weighted by Crippen LogP contribution is -2.19. The zero-order valence-electron chi connectivity index (χ0n) is 14.4. The van der Waals surface area contributed by atoms with Gasteiger partial charge in [0.05, 0.1) is 0 Å². The third-order valence-electron chi connectivity index (χ3n) is 4.12. The Balaban J connectivity index is 2.79. The van der Waals surface area contributed by atoms with Crippen molar-refractivity contribution >= 4 is 5.97 Å². The Labute approximate surface area is 134 Å². The Morgan fingerprint density at radius 1 is 1.18 bits per heavy atom. The Bertz CT molecular complexity index is 567. The van der Waals surface area contributed by atoms with Crippen molar-refractivity contribution in [3.63, 3.8) is 0 Å². The molecule has 0 bridgehead atoms. The summed E-state index contributed by atoms with van der Waals surface area (Å²) in [5.74, 6) is -0.912. The minimum atomic E-state index is -0.912. The highest BCUT2D eigenvalue weighted by molar-refractivity contribution is 5.81.